The highest BCUT2D eigenvalue weighted by atomic mass is 35.5. The molecule has 1 amide bonds. The SMILES string of the molecule is CCOc1cc2occ(-c3ccc(Cl)cc3)c2cc1/C(C)=C/C(=O)Nc1cc([N+](=O)[O-])ccc1C. The van der Waals surface area contributed by atoms with Gasteiger partial charge < -0.3 is 14.5 Å². The van der Waals surface area contributed by atoms with Crippen molar-refractivity contribution in [2.45, 2.75) is 20.8 Å². The molecule has 178 valence electrons. The molecule has 0 saturated carbocycles. The van der Waals surface area contributed by atoms with Crippen LogP contribution in [0.2, 0.25) is 5.02 Å². The van der Waals surface area contributed by atoms with Gasteiger partial charge in [0.15, 0.2) is 0 Å². The Hall–Kier alpha value is -4.10. The van der Waals surface area contributed by atoms with E-state index in [2.05, 4.69) is 5.32 Å². The van der Waals surface area contributed by atoms with Gasteiger partial charge in [0.25, 0.3) is 5.69 Å². The number of halogens is 1. The lowest BCUT2D eigenvalue weighted by atomic mass is 9.99. The first kappa shape index (κ1) is 24.0. The van der Waals surface area contributed by atoms with Gasteiger partial charge in [0.05, 0.1) is 23.5 Å². The van der Waals surface area contributed by atoms with E-state index in [0.29, 0.717) is 34.2 Å². The highest BCUT2D eigenvalue weighted by Crippen LogP contribution is 2.38. The van der Waals surface area contributed by atoms with Crippen molar-refractivity contribution in [2.24, 2.45) is 0 Å². The molecular weight excluding hydrogens is 468 g/mol. The van der Waals surface area contributed by atoms with E-state index in [1.165, 1.54) is 18.2 Å². The second-order valence-corrected chi connectivity index (χ2v) is 8.44. The number of aryl methyl sites for hydroxylation is 1. The Bertz CT molecular complexity index is 1450. The van der Waals surface area contributed by atoms with Crippen molar-refractivity contribution < 1.29 is 18.9 Å². The largest absolute Gasteiger partial charge is 0.493 e. The highest BCUT2D eigenvalue weighted by molar-refractivity contribution is 6.30. The van der Waals surface area contributed by atoms with Crippen LogP contribution < -0.4 is 10.1 Å². The number of rotatable bonds is 7. The number of nitrogens with zero attached hydrogens (tertiary/aromatic N) is 1. The van der Waals surface area contributed by atoms with E-state index in [0.717, 1.165) is 27.6 Å². The standard InChI is InChI=1S/C27H23ClN2O5/c1-4-34-25-14-26-22(23(15-35-26)18-6-8-19(28)9-7-18)13-21(25)17(3)11-27(31)29-24-12-20(30(32)33)10-5-16(24)2/h5-15H,4H2,1-3H3,(H,29,31)/b17-11+. The first-order valence-corrected chi connectivity index (χ1v) is 11.3. The zero-order chi connectivity index (χ0) is 25.1. The smallest absolute Gasteiger partial charge is 0.271 e. The molecular formula is C27H23ClN2O5. The molecule has 0 saturated heterocycles. The number of hydrogen-bond donors (Lipinski definition) is 1. The minimum Gasteiger partial charge on any atom is -0.493 e. The molecule has 0 fully saturated rings. The van der Waals surface area contributed by atoms with Crippen LogP contribution in [0.3, 0.4) is 0 Å². The number of fused-ring (bicyclic) bond motifs is 1. The van der Waals surface area contributed by atoms with Crippen LogP contribution in [0.25, 0.3) is 27.7 Å². The average Bonchev–Trinajstić information content (AvgIpc) is 3.23. The van der Waals surface area contributed by atoms with Crippen molar-refractivity contribution in [1.29, 1.82) is 0 Å². The predicted molar refractivity (Wildman–Crippen MR) is 138 cm³/mol. The molecule has 35 heavy (non-hydrogen) atoms. The van der Waals surface area contributed by atoms with Crippen LogP contribution in [0.5, 0.6) is 5.75 Å². The summed E-state index contributed by atoms with van der Waals surface area (Å²) in [5.74, 6) is 0.184. The van der Waals surface area contributed by atoms with Crippen molar-refractivity contribution in [3.05, 3.63) is 93.2 Å². The number of amides is 1. The Morgan fingerprint density at radius 2 is 1.91 bits per heavy atom. The number of furan rings is 1. The maximum absolute atomic E-state index is 12.8. The van der Waals surface area contributed by atoms with Crippen LogP contribution in [-0.4, -0.2) is 17.4 Å². The molecule has 7 nitrogen and oxygen atoms in total. The third-order valence-electron chi connectivity index (χ3n) is 5.59. The number of nitrogens with one attached hydrogen (secondary N) is 1. The molecule has 8 heteroatoms. The monoisotopic (exact) mass is 490 g/mol. The van der Waals surface area contributed by atoms with Gasteiger partial charge in [0.1, 0.15) is 11.3 Å². The molecule has 1 N–H and O–H groups in total. The number of non-ortho nitro benzene ring substituents is 1. The third-order valence-corrected chi connectivity index (χ3v) is 5.85. The van der Waals surface area contributed by atoms with Crippen molar-refractivity contribution >= 4 is 45.4 Å². The molecule has 0 unspecified atom stereocenters. The molecule has 0 atom stereocenters. The molecule has 0 radical (unpaired) electrons. The van der Waals surface area contributed by atoms with Gasteiger partial charge in [-0.3, -0.25) is 14.9 Å². The molecule has 0 aliphatic carbocycles. The molecule has 3 aromatic carbocycles. The minimum absolute atomic E-state index is 0.0922. The summed E-state index contributed by atoms with van der Waals surface area (Å²) in [6.45, 7) is 5.90. The maximum Gasteiger partial charge on any atom is 0.271 e. The summed E-state index contributed by atoms with van der Waals surface area (Å²) in [7, 11) is 0. The number of nitro benzene ring substituents is 1. The van der Waals surface area contributed by atoms with E-state index in [4.69, 9.17) is 20.8 Å². The molecule has 0 aliphatic heterocycles. The number of hydrogen-bond acceptors (Lipinski definition) is 5. The van der Waals surface area contributed by atoms with E-state index in [1.54, 1.807) is 19.3 Å². The fourth-order valence-corrected chi connectivity index (χ4v) is 3.92. The first-order valence-electron chi connectivity index (χ1n) is 11.0. The summed E-state index contributed by atoms with van der Waals surface area (Å²) in [6, 6.07) is 15.6. The average molecular weight is 491 g/mol. The molecule has 1 heterocycles. The number of carbonyl (C=O) groups is 1. The van der Waals surface area contributed by atoms with Crippen LogP contribution >= 0.6 is 11.6 Å². The van der Waals surface area contributed by atoms with Crippen molar-refractivity contribution in [2.75, 3.05) is 11.9 Å². The number of carbonyl (C=O) groups excluding carboxylic acids is 1. The zero-order valence-corrected chi connectivity index (χ0v) is 20.2. The van der Waals surface area contributed by atoms with Crippen molar-refractivity contribution in [3.8, 4) is 16.9 Å². The van der Waals surface area contributed by atoms with Gasteiger partial charge in [-0.25, -0.2) is 0 Å². The molecule has 4 aromatic rings. The van der Waals surface area contributed by atoms with Gasteiger partial charge in [-0.2, -0.15) is 0 Å². The highest BCUT2D eigenvalue weighted by Gasteiger charge is 2.16. The van der Waals surface area contributed by atoms with Gasteiger partial charge in [-0.05, 0) is 55.7 Å². The molecule has 0 aliphatic rings. The van der Waals surface area contributed by atoms with Crippen LogP contribution in [0.1, 0.15) is 25.0 Å². The van der Waals surface area contributed by atoms with E-state index >= 15 is 0 Å². The van der Waals surface area contributed by atoms with Crippen LogP contribution in [0.4, 0.5) is 11.4 Å². The Kier molecular flexibility index (Phi) is 6.89. The molecule has 4 rings (SSSR count). The van der Waals surface area contributed by atoms with E-state index in [-0.39, 0.29) is 5.69 Å². The summed E-state index contributed by atoms with van der Waals surface area (Å²) in [6.07, 6.45) is 3.13. The summed E-state index contributed by atoms with van der Waals surface area (Å²) < 4.78 is 11.6. The van der Waals surface area contributed by atoms with Crippen molar-refractivity contribution in [1.82, 2.24) is 0 Å². The second kappa shape index (κ2) is 10.0. The van der Waals surface area contributed by atoms with Crippen LogP contribution in [-0.2, 0) is 4.79 Å². The molecule has 0 spiro atoms. The Labute approximate surface area is 207 Å². The Balaban J connectivity index is 1.71. The lowest BCUT2D eigenvalue weighted by Gasteiger charge is -2.12. The van der Waals surface area contributed by atoms with E-state index < -0.39 is 10.8 Å². The quantitative estimate of drug-likeness (QED) is 0.165. The number of benzene rings is 3. The lowest BCUT2D eigenvalue weighted by Crippen LogP contribution is -2.10. The lowest BCUT2D eigenvalue weighted by molar-refractivity contribution is -0.384. The normalized spacial score (nSPS) is 11.5. The number of allylic oxidation sites excluding steroid dienone is 1. The topological polar surface area (TPSA) is 94.6 Å². The minimum atomic E-state index is -0.497. The third kappa shape index (κ3) is 5.20. The first-order chi connectivity index (χ1) is 16.8. The molecule has 0 bridgehead atoms. The van der Waals surface area contributed by atoms with Gasteiger partial charge in [-0.1, -0.05) is 29.8 Å². The predicted octanol–water partition coefficient (Wildman–Crippen LogP) is 7.41. The van der Waals surface area contributed by atoms with Crippen molar-refractivity contribution in [3.63, 3.8) is 0 Å². The van der Waals surface area contributed by atoms with Gasteiger partial charge in [0.2, 0.25) is 5.91 Å². The Morgan fingerprint density at radius 3 is 2.60 bits per heavy atom. The Morgan fingerprint density at radius 1 is 1.17 bits per heavy atom. The number of nitro groups is 1. The maximum atomic E-state index is 12.8. The van der Waals surface area contributed by atoms with Crippen LogP contribution in [0.15, 0.2) is 71.4 Å². The fraction of sp³-hybridized carbons (Fsp3) is 0.148. The number of anilines is 1. The summed E-state index contributed by atoms with van der Waals surface area (Å²) >= 11 is 6.04. The summed E-state index contributed by atoms with van der Waals surface area (Å²) in [5.41, 5.74) is 4.92. The summed E-state index contributed by atoms with van der Waals surface area (Å²) in [4.78, 5) is 23.4. The fourth-order valence-electron chi connectivity index (χ4n) is 3.79. The van der Waals surface area contributed by atoms with Gasteiger partial charge in [-0.15, -0.1) is 0 Å². The second-order valence-electron chi connectivity index (χ2n) is 8.01. The van der Waals surface area contributed by atoms with Gasteiger partial charge in [0, 0.05) is 45.8 Å². The summed E-state index contributed by atoms with van der Waals surface area (Å²) in [5, 5.41) is 15.3. The van der Waals surface area contributed by atoms with Crippen LogP contribution in [0, 0.1) is 17.0 Å². The zero-order valence-electron chi connectivity index (χ0n) is 19.4. The molecule has 1 aromatic heterocycles. The van der Waals surface area contributed by atoms with E-state index in [9.17, 15) is 14.9 Å². The van der Waals surface area contributed by atoms with E-state index in [1.807, 2.05) is 50.2 Å². The van der Waals surface area contributed by atoms with Gasteiger partial charge >= 0.3 is 0 Å². The number of ether oxygens (including phenoxy) is 1.